The van der Waals surface area contributed by atoms with Crippen molar-refractivity contribution in [3.05, 3.63) is 242 Å². The molecule has 0 saturated carbocycles. The van der Waals surface area contributed by atoms with E-state index >= 15 is 0 Å². The lowest BCUT2D eigenvalue weighted by molar-refractivity contribution is 0.661. The van der Waals surface area contributed by atoms with Crippen molar-refractivity contribution in [3.63, 3.8) is 0 Å². The van der Waals surface area contributed by atoms with E-state index in [1.54, 1.807) is 0 Å². The summed E-state index contributed by atoms with van der Waals surface area (Å²) in [6.45, 7) is 4.76. The van der Waals surface area contributed by atoms with Crippen LogP contribution in [0.5, 0.6) is 0 Å². The van der Waals surface area contributed by atoms with Gasteiger partial charge in [-0.05, 0) is 151 Å². The summed E-state index contributed by atoms with van der Waals surface area (Å²) < 4.78 is 0. The minimum Gasteiger partial charge on any atom is -0.0616 e. The standard InChI is InChI=1S/C65H44/c1-65(2)62-39-52(47-22-16-43(17-23-47)42-14-20-46(21-15-42)51-31-28-41-8-3-4-9-50(41)38-51)32-34-57(62)58-35-33-53(40-63(58)65)48-24-18-44(19-25-48)45-26-29-49(30-27-45)54-36-37-61-56-11-6-5-10-55(56)60-13-7-12-59(54)64(60)61/h3-40H,1-2H3. The lowest BCUT2D eigenvalue weighted by atomic mass is 9.80. The first-order valence-electron chi connectivity index (χ1n) is 22.8. The van der Waals surface area contributed by atoms with E-state index in [0.29, 0.717) is 0 Å². The highest BCUT2D eigenvalue weighted by Gasteiger charge is 2.36. The average molecular weight is 825 g/mol. The van der Waals surface area contributed by atoms with Crippen LogP contribution < -0.4 is 0 Å². The van der Waals surface area contributed by atoms with Crippen LogP contribution in [0.15, 0.2) is 231 Å². The van der Waals surface area contributed by atoms with Crippen LogP contribution in [0.2, 0.25) is 0 Å². The Kier molecular flexibility index (Phi) is 8.36. The van der Waals surface area contributed by atoms with Gasteiger partial charge in [0.25, 0.3) is 0 Å². The summed E-state index contributed by atoms with van der Waals surface area (Å²) in [7, 11) is 0. The number of rotatable bonds is 6. The van der Waals surface area contributed by atoms with E-state index in [2.05, 4.69) is 244 Å². The molecule has 2 aliphatic rings. The van der Waals surface area contributed by atoms with Gasteiger partial charge in [-0.25, -0.2) is 0 Å². The first-order valence-corrected chi connectivity index (χ1v) is 22.8. The third kappa shape index (κ3) is 6.06. The van der Waals surface area contributed by atoms with Crippen molar-refractivity contribution in [1.29, 1.82) is 0 Å². The Morgan fingerprint density at radius 1 is 0.231 bits per heavy atom. The van der Waals surface area contributed by atoms with Crippen molar-refractivity contribution < 1.29 is 0 Å². The molecule has 2 aliphatic carbocycles. The highest BCUT2D eigenvalue weighted by molar-refractivity contribution is 6.18. The largest absolute Gasteiger partial charge is 0.0616 e. The molecule has 304 valence electrons. The van der Waals surface area contributed by atoms with Gasteiger partial charge in [0.2, 0.25) is 0 Å². The average Bonchev–Trinajstić information content (AvgIpc) is 3.82. The van der Waals surface area contributed by atoms with E-state index in [-0.39, 0.29) is 5.41 Å². The van der Waals surface area contributed by atoms with Gasteiger partial charge in [-0.15, -0.1) is 0 Å². The lowest BCUT2D eigenvalue weighted by Crippen LogP contribution is -2.15. The second-order valence-corrected chi connectivity index (χ2v) is 18.5. The molecule has 0 spiro atoms. The van der Waals surface area contributed by atoms with Crippen LogP contribution in [-0.2, 0) is 5.41 Å². The summed E-state index contributed by atoms with van der Waals surface area (Å²) in [5.74, 6) is 0. The molecule has 0 bridgehead atoms. The fourth-order valence-corrected chi connectivity index (χ4v) is 10.9. The Hall–Kier alpha value is -8.06. The molecule has 65 heavy (non-hydrogen) atoms. The van der Waals surface area contributed by atoms with Crippen LogP contribution in [0.25, 0.3) is 122 Å². The molecule has 0 unspecified atom stereocenters. The Morgan fingerprint density at radius 2 is 0.585 bits per heavy atom. The third-order valence-corrected chi connectivity index (χ3v) is 14.5. The Labute approximate surface area is 380 Å². The van der Waals surface area contributed by atoms with Gasteiger partial charge < -0.3 is 0 Å². The molecule has 0 heteroatoms. The monoisotopic (exact) mass is 824 g/mol. The second kappa shape index (κ2) is 14.5. The van der Waals surface area contributed by atoms with Gasteiger partial charge >= 0.3 is 0 Å². The first-order chi connectivity index (χ1) is 31.9. The molecule has 0 fully saturated rings. The van der Waals surface area contributed by atoms with E-state index in [0.717, 1.165) is 0 Å². The maximum absolute atomic E-state index is 2.43. The minimum atomic E-state index is -0.125. The van der Waals surface area contributed by atoms with Gasteiger partial charge in [-0.2, -0.15) is 0 Å². The SMILES string of the molecule is CC1(C)c2cc(-c3ccc(-c4ccc(-c5ccc6ccccc6c5)cc4)cc3)ccc2-c2ccc(-c3ccc(-c4ccc(-c5ccc6c7c(cccc57)-c5ccccc5-6)cc4)cc3)cc21. The van der Waals surface area contributed by atoms with Crippen molar-refractivity contribution in [1.82, 2.24) is 0 Å². The number of hydrogen-bond acceptors (Lipinski definition) is 0. The quantitative estimate of drug-likeness (QED) is 0.157. The first kappa shape index (κ1) is 37.5. The molecule has 0 atom stereocenters. The molecule has 0 heterocycles. The van der Waals surface area contributed by atoms with Gasteiger partial charge in [-0.3, -0.25) is 0 Å². The summed E-state index contributed by atoms with van der Waals surface area (Å²) in [4.78, 5) is 0. The van der Waals surface area contributed by atoms with E-state index in [4.69, 9.17) is 0 Å². The zero-order chi connectivity index (χ0) is 43.2. The summed E-state index contributed by atoms with van der Waals surface area (Å²) in [6.07, 6.45) is 0. The van der Waals surface area contributed by atoms with Crippen LogP contribution in [0.3, 0.4) is 0 Å². The predicted octanol–water partition coefficient (Wildman–Crippen LogP) is 17.9. The minimum absolute atomic E-state index is 0.125. The highest BCUT2D eigenvalue weighted by Crippen LogP contribution is 2.52. The zero-order valence-electron chi connectivity index (χ0n) is 36.4. The topological polar surface area (TPSA) is 0 Å². The molecule has 0 saturated heterocycles. The second-order valence-electron chi connectivity index (χ2n) is 18.5. The van der Waals surface area contributed by atoms with Crippen molar-refractivity contribution in [3.8, 4) is 100 Å². The molecule has 11 aromatic rings. The van der Waals surface area contributed by atoms with Crippen LogP contribution in [-0.4, -0.2) is 0 Å². The molecular weight excluding hydrogens is 781 g/mol. The molecule has 0 N–H and O–H groups in total. The van der Waals surface area contributed by atoms with Crippen LogP contribution >= 0.6 is 0 Å². The molecule has 0 aromatic heterocycles. The molecule has 11 aromatic carbocycles. The van der Waals surface area contributed by atoms with E-state index in [1.807, 2.05) is 0 Å². The van der Waals surface area contributed by atoms with Crippen molar-refractivity contribution >= 4 is 21.5 Å². The zero-order valence-corrected chi connectivity index (χ0v) is 36.4. The maximum atomic E-state index is 2.43. The predicted molar refractivity (Wildman–Crippen MR) is 276 cm³/mol. The Morgan fingerprint density at radius 3 is 1.11 bits per heavy atom. The molecule has 0 aliphatic heterocycles. The maximum Gasteiger partial charge on any atom is 0.0159 e. The summed E-state index contributed by atoms with van der Waals surface area (Å²) in [5.41, 5.74) is 25.5. The lowest BCUT2D eigenvalue weighted by Gasteiger charge is -2.22. The molecule has 0 nitrogen and oxygen atoms in total. The van der Waals surface area contributed by atoms with Gasteiger partial charge in [0.05, 0.1) is 0 Å². The molecule has 0 radical (unpaired) electrons. The molecular formula is C65H44. The van der Waals surface area contributed by atoms with Crippen molar-refractivity contribution in [2.45, 2.75) is 19.3 Å². The third-order valence-electron chi connectivity index (χ3n) is 14.5. The summed E-state index contributed by atoms with van der Waals surface area (Å²) in [6, 6.07) is 85.7. The van der Waals surface area contributed by atoms with Gasteiger partial charge in [0.15, 0.2) is 0 Å². The normalized spacial score (nSPS) is 12.9. The fraction of sp³-hybridized carbons (Fsp3) is 0.0462. The van der Waals surface area contributed by atoms with Crippen molar-refractivity contribution in [2.24, 2.45) is 0 Å². The van der Waals surface area contributed by atoms with E-state index in [9.17, 15) is 0 Å². The van der Waals surface area contributed by atoms with Crippen molar-refractivity contribution in [2.75, 3.05) is 0 Å². The highest BCUT2D eigenvalue weighted by atomic mass is 14.4. The molecule has 0 amide bonds. The van der Waals surface area contributed by atoms with Crippen LogP contribution in [0.4, 0.5) is 0 Å². The summed E-state index contributed by atoms with van der Waals surface area (Å²) >= 11 is 0. The molecule has 13 rings (SSSR count). The Balaban J connectivity index is 0.725. The summed E-state index contributed by atoms with van der Waals surface area (Å²) in [5, 5.41) is 5.22. The van der Waals surface area contributed by atoms with Gasteiger partial charge in [0.1, 0.15) is 0 Å². The van der Waals surface area contributed by atoms with E-state index in [1.165, 1.54) is 133 Å². The van der Waals surface area contributed by atoms with E-state index < -0.39 is 0 Å². The van der Waals surface area contributed by atoms with Crippen LogP contribution in [0, 0.1) is 0 Å². The van der Waals surface area contributed by atoms with Crippen LogP contribution in [0.1, 0.15) is 25.0 Å². The number of benzene rings is 11. The fourth-order valence-electron chi connectivity index (χ4n) is 10.9. The number of fused-ring (bicyclic) bond motifs is 7. The van der Waals surface area contributed by atoms with Gasteiger partial charge in [0, 0.05) is 5.41 Å². The number of hydrogen-bond donors (Lipinski definition) is 0. The smallest absolute Gasteiger partial charge is 0.0159 e. The van der Waals surface area contributed by atoms with Gasteiger partial charge in [-0.1, -0.05) is 226 Å². The Bertz CT molecular complexity index is 3650.